The summed E-state index contributed by atoms with van der Waals surface area (Å²) in [6.07, 6.45) is 0. The van der Waals surface area contributed by atoms with Crippen LogP contribution in [0.15, 0.2) is 16.7 Å². The monoisotopic (exact) mass is 243 g/mol. The van der Waals surface area contributed by atoms with Crippen LogP contribution < -0.4 is 0 Å². The largest absolute Gasteiger partial charge is 0.461 e. The quantitative estimate of drug-likeness (QED) is 0.592. The van der Waals surface area contributed by atoms with Crippen molar-refractivity contribution in [2.45, 2.75) is 13.8 Å². The summed E-state index contributed by atoms with van der Waals surface area (Å²) >= 11 is 3.21. The molecule has 0 amide bonds. The molecule has 0 fully saturated rings. The van der Waals surface area contributed by atoms with Gasteiger partial charge < -0.3 is 4.74 Å². The van der Waals surface area contributed by atoms with Crippen molar-refractivity contribution < 1.29 is 9.53 Å². The van der Waals surface area contributed by atoms with E-state index in [2.05, 4.69) is 20.9 Å². The number of aromatic nitrogens is 1. The van der Waals surface area contributed by atoms with Crippen LogP contribution in [0.5, 0.6) is 0 Å². The Morgan fingerprint density at radius 2 is 2.31 bits per heavy atom. The zero-order valence-electron chi connectivity index (χ0n) is 7.50. The van der Waals surface area contributed by atoms with Gasteiger partial charge in [0.05, 0.1) is 6.61 Å². The summed E-state index contributed by atoms with van der Waals surface area (Å²) in [6.45, 7) is 4.03. The van der Waals surface area contributed by atoms with Crippen molar-refractivity contribution in [3.05, 3.63) is 28.0 Å². The van der Waals surface area contributed by atoms with E-state index >= 15 is 0 Å². The zero-order valence-corrected chi connectivity index (χ0v) is 9.09. The Balaban J connectivity index is 2.94. The molecule has 70 valence electrons. The van der Waals surface area contributed by atoms with Crippen LogP contribution in [0.2, 0.25) is 0 Å². The molecule has 1 aromatic rings. The van der Waals surface area contributed by atoms with Gasteiger partial charge in [0.15, 0.2) is 0 Å². The fourth-order valence-corrected chi connectivity index (χ4v) is 1.49. The Morgan fingerprint density at radius 1 is 1.62 bits per heavy atom. The number of hydrogen-bond acceptors (Lipinski definition) is 3. The first-order chi connectivity index (χ1) is 6.13. The highest BCUT2D eigenvalue weighted by Crippen LogP contribution is 2.11. The molecule has 0 aliphatic heterocycles. The van der Waals surface area contributed by atoms with Gasteiger partial charge in [0.2, 0.25) is 0 Å². The molecule has 4 heteroatoms. The van der Waals surface area contributed by atoms with Crippen molar-refractivity contribution in [1.29, 1.82) is 0 Å². The Kier molecular flexibility index (Phi) is 3.42. The minimum Gasteiger partial charge on any atom is -0.461 e. The fraction of sp³-hybridized carbons (Fsp3) is 0.333. The first kappa shape index (κ1) is 10.2. The van der Waals surface area contributed by atoms with Crippen LogP contribution in [0.3, 0.4) is 0 Å². The molecule has 1 aromatic heterocycles. The maximum absolute atomic E-state index is 11.2. The molecule has 0 unspecified atom stereocenters. The summed E-state index contributed by atoms with van der Waals surface area (Å²) in [5.74, 6) is -0.382. The molecule has 0 aliphatic rings. The predicted octanol–water partition coefficient (Wildman–Crippen LogP) is 2.33. The molecule has 1 rings (SSSR count). The summed E-state index contributed by atoms with van der Waals surface area (Å²) in [5.41, 5.74) is 1.32. The van der Waals surface area contributed by atoms with E-state index < -0.39 is 0 Å². The van der Waals surface area contributed by atoms with Crippen LogP contribution in [-0.2, 0) is 4.74 Å². The summed E-state index contributed by atoms with van der Waals surface area (Å²) in [7, 11) is 0. The number of carbonyl (C=O) groups excluding carboxylic acids is 1. The molecule has 0 saturated carbocycles. The Labute approximate surface area is 85.3 Å². The van der Waals surface area contributed by atoms with Gasteiger partial charge >= 0.3 is 5.97 Å². The number of halogens is 1. The van der Waals surface area contributed by atoms with Gasteiger partial charge in [0, 0.05) is 0 Å². The third-order valence-electron chi connectivity index (χ3n) is 1.42. The molecule has 1 heterocycles. The second-order valence-corrected chi connectivity index (χ2v) is 3.39. The SMILES string of the molecule is CCOC(=O)c1cc(C)cc(Br)n1. The lowest BCUT2D eigenvalue weighted by Gasteiger charge is -2.02. The summed E-state index contributed by atoms with van der Waals surface area (Å²) < 4.78 is 5.46. The molecular weight excluding hydrogens is 234 g/mol. The molecule has 13 heavy (non-hydrogen) atoms. The van der Waals surface area contributed by atoms with Crippen molar-refractivity contribution in [3.8, 4) is 0 Å². The van der Waals surface area contributed by atoms with Gasteiger partial charge in [-0.3, -0.25) is 0 Å². The number of aryl methyl sites for hydroxylation is 1. The maximum Gasteiger partial charge on any atom is 0.356 e. The molecule has 0 radical (unpaired) electrons. The minimum absolute atomic E-state index is 0.341. The number of nitrogens with zero attached hydrogens (tertiary/aromatic N) is 1. The van der Waals surface area contributed by atoms with Crippen molar-refractivity contribution >= 4 is 21.9 Å². The lowest BCUT2D eigenvalue weighted by molar-refractivity contribution is 0.0519. The van der Waals surface area contributed by atoms with Crippen LogP contribution in [0.4, 0.5) is 0 Å². The Hall–Kier alpha value is -0.900. The average molecular weight is 244 g/mol. The Morgan fingerprint density at radius 3 is 2.85 bits per heavy atom. The Bertz CT molecular complexity index is 305. The molecule has 0 atom stereocenters. The molecule has 0 saturated heterocycles. The lowest BCUT2D eigenvalue weighted by Crippen LogP contribution is -2.07. The number of hydrogen-bond donors (Lipinski definition) is 0. The third kappa shape index (κ3) is 2.81. The van der Waals surface area contributed by atoms with Gasteiger partial charge in [0.25, 0.3) is 0 Å². The van der Waals surface area contributed by atoms with E-state index in [9.17, 15) is 4.79 Å². The van der Waals surface area contributed by atoms with E-state index in [1.54, 1.807) is 13.0 Å². The van der Waals surface area contributed by atoms with E-state index in [-0.39, 0.29) is 5.97 Å². The van der Waals surface area contributed by atoms with Crippen LogP contribution in [0.25, 0.3) is 0 Å². The summed E-state index contributed by atoms with van der Waals surface area (Å²) in [5, 5.41) is 0. The first-order valence-electron chi connectivity index (χ1n) is 3.94. The van der Waals surface area contributed by atoms with Gasteiger partial charge in [-0.05, 0) is 47.5 Å². The number of esters is 1. The van der Waals surface area contributed by atoms with Crippen LogP contribution >= 0.6 is 15.9 Å². The van der Waals surface area contributed by atoms with Crippen LogP contribution in [0.1, 0.15) is 23.0 Å². The highest BCUT2D eigenvalue weighted by molar-refractivity contribution is 9.10. The van der Waals surface area contributed by atoms with Crippen molar-refractivity contribution in [1.82, 2.24) is 4.98 Å². The molecular formula is C9H10BrNO2. The number of ether oxygens (including phenoxy) is 1. The van der Waals surface area contributed by atoms with Gasteiger partial charge in [0.1, 0.15) is 10.3 Å². The van der Waals surface area contributed by atoms with Crippen LogP contribution in [-0.4, -0.2) is 17.6 Å². The van der Waals surface area contributed by atoms with Crippen molar-refractivity contribution in [2.75, 3.05) is 6.61 Å². The van der Waals surface area contributed by atoms with E-state index in [1.807, 2.05) is 13.0 Å². The van der Waals surface area contributed by atoms with Crippen molar-refractivity contribution in [2.24, 2.45) is 0 Å². The minimum atomic E-state index is -0.382. The lowest BCUT2D eigenvalue weighted by atomic mass is 10.2. The normalized spacial score (nSPS) is 9.77. The van der Waals surface area contributed by atoms with Crippen molar-refractivity contribution in [3.63, 3.8) is 0 Å². The van der Waals surface area contributed by atoms with E-state index in [4.69, 9.17) is 4.74 Å². The number of carbonyl (C=O) groups is 1. The van der Waals surface area contributed by atoms with E-state index in [1.165, 1.54) is 0 Å². The predicted molar refractivity (Wildman–Crippen MR) is 52.6 cm³/mol. The zero-order chi connectivity index (χ0) is 9.84. The molecule has 0 spiro atoms. The highest BCUT2D eigenvalue weighted by Gasteiger charge is 2.08. The molecule has 0 aromatic carbocycles. The standard InChI is InChI=1S/C9H10BrNO2/c1-3-13-9(12)7-4-6(2)5-8(10)11-7/h4-5H,3H2,1-2H3. The number of pyridine rings is 1. The number of rotatable bonds is 2. The van der Waals surface area contributed by atoms with E-state index in [0.717, 1.165) is 5.56 Å². The van der Waals surface area contributed by atoms with E-state index in [0.29, 0.717) is 16.9 Å². The summed E-state index contributed by atoms with van der Waals surface area (Å²) in [6, 6.07) is 3.53. The van der Waals surface area contributed by atoms with Gasteiger partial charge in [-0.15, -0.1) is 0 Å². The second kappa shape index (κ2) is 4.37. The second-order valence-electron chi connectivity index (χ2n) is 2.57. The molecule has 0 aliphatic carbocycles. The summed E-state index contributed by atoms with van der Waals surface area (Å²) in [4.78, 5) is 15.2. The van der Waals surface area contributed by atoms with Gasteiger partial charge in [-0.1, -0.05) is 0 Å². The third-order valence-corrected chi connectivity index (χ3v) is 1.83. The molecule has 0 N–H and O–H groups in total. The maximum atomic E-state index is 11.2. The molecule has 3 nitrogen and oxygen atoms in total. The average Bonchev–Trinajstić information content (AvgIpc) is 2.03. The molecule has 0 bridgehead atoms. The first-order valence-corrected chi connectivity index (χ1v) is 4.74. The van der Waals surface area contributed by atoms with Gasteiger partial charge in [-0.25, -0.2) is 9.78 Å². The van der Waals surface area contributed by atoms with Gasteiger partial charge in [-0.2, -0.15) is 0 Å². The fourth-order valence-electron chi connectivity index (χ4n) is 0.934. The topological polar surface area (TPSA) is 39.2 Å². The smallest absolute Gasteiger partial charge is 0.356 e. The van der Waals surface area contributed by atoms with Crippen LogP contribution in [0, 0.1) is 6.92 Å². The highest BCUT2D eigenvalue weighted by atomic mass is 79.9.